The highest BCUT2D eigenvalue weighted by Crippen LogP contribution is 2.52. The van der Waals surface area contributed by atoms with Gasteiger partial charge < -0.3 is 0 Å². The molecule has 164 valence electrons. The number of hydrogen-bond donors (Lipinski definition) is 0. The van der Waals surface area contributed by atoms with Gasteiger partial charge in [0, 0.05) is 29.3 Å². The third kappa shape index (κ3) is 2.97. The lowest BCUT2D eigenvalue weighted by molar-refractivity contribution is -0.121. The van der Waals surface area contributed by atoms with Crippen LogP contribution in [-0.4, -0.2) is 30.5 Å². The summed E-state index contributed by atoms with van der Waals surface area (Å²) in [6.07, 6.45) is 11.2. The first-order chi connectivity index (χ1) is 16.0. The molecule has 0 amide bonds. The van der Waals surface area contributed by atoms with Crippen LogP contribution in [0, 0.1) is 23.2 Å². The number of pyridine rings is 1. The van der Waals surface area contributed by atoms with Gasteiger partial charge in [-0.2, -0.15) is 10.4 Å². The number of fused-ring (bicyclic) bond motifs is 3. The predicted octanol–water partition coefficient (Wildman–Crippen LogP) is 4.09. The highest BCUT2D eigenvalue weighted by molar-refractivity contribution is 6.02. The quantitative estimate of drug-likeness (QED) is 0.613. The van der Waals surface area contributed by atoms with E-state index in [0.29, 0.717) is 5.92 Å². The van der Waals surface area contributed by atoms with E-state index in [1.807, 2.05) is 36.0 Å². The monoisotopic (exact) mass is 436 g/mol. The summed E-state index contributed by atoms with van der Waals surface area (Å²) in [6.45, 7) is 4.09. The Kier molecular flexibility index (Phi) is 4.34. The number of allylic oxidation sites excluding steroid dienone is 2. The Morgan fingerprint density at radius 2 is 2.03 bits per heavy atom. The van der Waals surface area contributed by atoms with Gasteiger partial charge in [-0.3, -0.25) is 4.79 Å². The minimum atomic E-state index is -0.513. The van der Waals surface area contributed by atoms with E-state index >= 15 is 0 Å². The third-order valence-electron chi connectivity index (χ3n) is 7.68. The van der Waals surface area contributed by atoms with Crippen molar-refractivity contribution in [2.45, 2.75) is 50.9 Å². The average molecular weight is 437 g/mol. The van der Waals surface area contributed by atoms with Gasteiger partial charge in [0.1, 0.15) is 18.1 Å². The van der Waals surface area contributed by atoms with Gasteiger partial charge in [0.25, 0.3) is 0 Å². The number of Topliss-reactive ketones (excluding diaryl/α,β-unsaturated/α-hetero) is 1. The van der Waals surface area contributed by atoms with Crippen molar-refractivity contribution in [2.24, 2.45) is 11.8 Å². The van der Waals surface area contributed by atoms with Crippen LogP contribution in [0.1, 0.15) is 55.8 Å². The smallest absolute Gasteiger partial charge is 0.176 e. The third-order valence-corrected chi connectivity index (χ3v) is 7.68. The van der Waals surface area contributed by atoms with Crippen molar-refractivity contribution in [3.05, 3.63) is 65.4 Å². The molecule has 0 aromatic carbocycles. The fourth-order valence-corrected chi connectivity index (χ4v) is 5.83. The van der Waals surface area contributed by atoms with Crippen molar-refractivity contribution in [2.75, 3.05) is 0 Å². The molecule has 3 aliphatic carbocycles. The Morgan fingerprint density at radius 1 is 1.18 bits per heavy atom. The highest BCUT2D eigenvalue weighted by atomic mass is 16.1. The Bertz CT molecular complexity index is 1330. The number of carbonyl (C=O) groups excluding carboxylic acids is 1. The Labute approximate surface area is 192 Å². The van der Waals surface area contributed by atoms with Crippen molar-refractivity contribution in [1.29, 1.82) is 5.26 Å². The van der Waals surface area contributed by atoms with E-state index in [1.165, 1.54) is 24.7 Å². The number of rotatable bonds is 3. The van der Waals surface area contributed by atoms with E-state index in [0.717, 1.165) is 41.3 Å². The van der Waals surface area contributed by atoms with Crippen LogP contribution >= 0.6 is 0 Å². The van der Waals surface area contributed by atoms with Crippen LogP contribution in [0.25, 0.3) is 17.2 Å². The van der Waals surface area contributed by atoms with Crippen molar-refractivity contribution >= 4 is 5.78 Å². The highest BCUT2D eigenvalue weighted by Gasteiger charge is 2.51. The molecule has 0 N–H and O–H groups in total. The molecule has 0 saturated heterocycles. The summed E-state index contributed by atoms with van der Waals surface area (Å²) in [5, 5.41) is 14.7. The summed E-state index contributed by atoms with van der Waals surface area (Å²) >= 11 is 0. The topological polar surface area (TPSA) is 97.4 Å². The lowest BCUT2D eigenvalue weighted by Gasteiger charge is -2.45. The Balaban J connectivity index is 1.60. The second-order valence-corrected chi connectivity index (χ2v) is 9.66. The minimum Gasteiger partial charge on any atom is -0.293 e. The molecule has 1 fully saturated rings. The molecular weight excluding hydrogens is 412 g/mol. The number of nitriles is 1. The van der Waals surface area contributed by atoms with E-state index in [-0.39, 0.29) is 23.2 Å². The lowest BCUT2D eigenvalue weighted by Crippen LogP contribution is -2.46. The van der Waals surface area contributed by atoms with Gasteiger partial charge in [0.05, 0.1) is 17.0 Å². The second-order valence-electron chi connectivity index (χ2n) is 9.66. The summed E-state index contributed by atoms with van der Waals surface area (Å²) in [7, 11) is 0. The second kappa shape index (κ2) is 7.17. The zero-order valence-corrected chi connectivity index (χ0v) is 18.7. The summed E-state index contributed by atoms with van der Waals surface area (Å²) in [5.74, 6) is 1.18. The maximum atomic E-state index is 12.8. The molecular formula is C26H24N6O. The average Bonchev–Trinajstić information content (AvgIpc) is 3.62. The van der Waals surface area contributed by atoms with Gasteiger partial charge in [-0.05, 0) is 55.2 Å². The number of aromatic nitrogens is 5. The van der Waals surface area contributed by atoms with Gasteiger partial charge in [-0.25, -0.2) is 19.6 Å². The molecule has 7 heteroatoms. The molecule has 3 aliphatic rings. The minimum absolute atomic E-state index is 0.0579. The number of carbonyl (C=O) groups is 1. The number of ketones is 1. The maximum Gasteiger partial charge on any atom is 0.176 e. The molecule has 3 aromatic heterocycles. The zero-order valence-electron chi connectivity index (χ0n) is 18.7. The summed E-state index contributed by atoms with van der Waals surface area (Å²) in [6, 6.07) is 8.19. The fraction of sp³-hybridized carbons (Fsp3) is 0.385. The van der Waals surface area contributed by atoms with E-state index in [9.17, 15) is 10.1 Å². The van der Waals surface area contributed by atoms with Crippen LogP contribution in [0.2, 0.25) is 0 Å². The largest absolute Gasteiger partial charge is 0.293 e. The van der Waals surface area contributed by atoms with Crippen LogP contribution in [0.3, 0.4) is 0 Å². The Morgan fingerprint density at radius 3 is 2.70 bits per heavy atom. The van der Waals surface area contributed by atoms with Crippen molar-refractivity contribution < 1.29 is 4.79 Å². The normalized spacial score (nSPS) is 26.2. The molecule has 33 heavy (non-hydrogen) atoms. The first-order valence-corrected chi connectivity index (χ1v) is 11.5. The number of nitrogens with zero attached hydrogens (tertiary/aromatic N) is 6. The molecule has 1 saturated carbocycles. The van der Waals surface area contributed by atoms with E-state index in [2.05, 4.69) is 29.0 Å². The molecule has 0 aliphatic heterocycles. The first kappa shape index (κ1) is 20.0. The van der Waals surface area contributed by atoms with Gasteiger partial charge >= 0.3 is 0 Å². The van der Waals surface area contributed by atoms with E-state index < -0.39 is 5.41 Å². The molecule has 0 radical (unpaired) electrons. The van der Waals surface area contributed by atoms with Gasteiger partial charge in [0.15, 0.2) is 11.6 Å². The first-order valence-electron chi connectivity index (χ1n) is 11.5. The van der Waals surface area contributed by atoms with Gasteiger partial charge in [0.2, 0.25) is 0 Å². The predicted molar refractivity (Wildman–Crippen MR) is 121 cm³/mol. The SMILES string of the molecule is C[C@H]1C(=O)C(C#N)=C[C@@]2(C)c3c(c(-c4ccncn4)nn3-c3ccc(C4CC4)cn3)CC[C@H]12. The van der Waals surface area contributed by atoms with Crippen LogP contribution in [0.4, 0.5) is 0 Å². The molecule has 0 bridgehead atoms. The van der Waals surface area contributed by atoms with Crippen LogP contribution in [0.15, 0.2) is 48.6 Å². The summed E-state index contributed by atoms with van der Waals surface area (Å²) in [5.41, 5.74) is 4.69. The van der Waals surface area contributed by atoms with Gasteiger partial charge in [-0.15, -0.1) is 0 Å². The van der Waals surface area contributed by atoms with E-state index in [1.54, 1.807) is 6.20 Å². The summed E-state index contributed by atoms with van der Waals surface area (Å²) < 4.78 is 1.92. The molecule has 3 atom stereocenters. The van der Waals surface area contributed by atoms with Crippen molar-refractivity contribution in [1.82, 2.24) is 24.7 Å². The molecule has 6 rings (SSSR count). The standard InChI is InChI=1S/C26H24N6O/c1-15-20-7-6-19-23(21-9-10-28-14-30-21)31-32(22-8-5-17(13-29-22)16-3-4-16)25(19)26(20,2)11-18(12-27)24(15)33/h5,8-11,13-16,20H,3-4,6-7H2,1-2H3/t15-,20-,26-/m1/s1. The molecule has 0 unspecified atom stereocenters. The molecule has 3 aromatic rings. The fourth-order valence-electron chi connectivity index (χ4n) is 5.83. The molecule has 0 spiro atoms. The van der Waals surface area contributed by atoms with Crippen molar-refractivity contribution in [3.63, 3.8) is 0 Å². The lowest BCUT2D eigenvalue weighted by atomic mass is 9.58. The van der Waals surface area contributed by atoms with Crippen LogP contribution in [0.5, 0.6) is 0 Å². The molecule has 3 heterocycles. The van der Waals surface area contributed by atoms with Gasteiger partial charge in [-0.1, -0.05) is 26.0 Å². The van der Waals surface area contributed by atoms with Crippen LogP contribution in [-0.2, 0) is 16.6 Å². The maximum absolute atomic E-state index is 12.8. The zero-order chi connectivity index (χ0) is 22.7. The van der Waals surface area contributed by atoms with E-state index in [4.69, 9.17) is 10.1 Å². The van der Waals surface area contributed by atoms with Crippen LogP contribution < -0.4 is 0 Å². The Hall–Kier alpha value is -3.66. The van der Waals surface area contributed by atoms with Crippen molar-refractivity contribution in [3.8, 4) is 23.3 Å². The number of hydrogen-bond acceptors (Lipinski definition) is 6. The summed E-state index contributed by atoms with van der Waals surface area (Å²) in [4.78, 5) is 26.1. The molecule has 7 nitrogen and oxygen atoms in total.